The van der Waals surface area contributed by atoms with Crippen molar-refractivity contribution in [2.24, 2.45) is 0 Å². The summed E-state index contributed by atoms with van der Waals surface area (Å²) in [5.74, 6) is 0. The molecule has 1 aromatic carbocycles. The lowest BCUT2D eigenvalue weighted by atomic mass is 10.2. The fraction of sp³-hybridized carbons (Fsp3) is 0.526. The molecule has 6 heteroatoms. The van der Waals surface area contributed by atoms with Crippen LogP contribution in [0.1, 0.15) is 5.56 Å². The number of nitrogens with one attached hydrogen (secondary N) is 1. The summed E-state index contributed by atoms with van der Waals surface area (Å²) in [6.07, 6.45) is 4.28. The first-order valence-corrected chi connectivity index (χ1v) is 8.86. The summed E-state index contributed by atoms with van der Waals surface area (Å²) in [7, 11) is 1.65. The Labute approximate surface area is 149 Å². The number of methoxy groups -OCH3 is 1. The normalized spacial score (nSPS) is 24.8. The maximum Gasteiger partial charge on any atom is 0.317 e. The molecular formula is C19H27N3O3. The van der Waals surface area contributed by atoms with E-state index in [1.54, 1.807) is 7.11 Å². The lowest BCUT2D eigenvalue weighted by molar-refractivity contribution is 0.0725. The fourth-order valence-electron chi connectivity index (χ4n) is 3.19. The van der Waals surface area contributed by atoms with Gasteiger partial charge in [0, 0.05) is 39.8 Å². The SMILES string of the molecule is CO[C@H]1COC[C@@H]1NC(=O)N1CCN(CC=Cc2ccccc2)CC1. The highest BCUT2D eigenvalue weighted by Gasteiger charge is 2.31. The molecule has 2 aliphatic rings. The van der Waals surface area contributed by atoms with Crippen LogP contribution in [0.15, 0.2) is 36.4 Å². The van der Waals surface area contributed by atoms with Crippen molar-refractivity contribution in [2.45, 2.75) is 12.1 Å². The molecule has 0 saturated carbocycles. The van der Waals surface area contributed by atoms with Crippen LogP contribution in [0.4, 0.5) is 4.79 Å². The molecule has 0 radical (unpaired) electrons. The largest absolute Gasteiger partial charge is 0.377 e. The van der Waals surface area contributed by atoms with E-state index in [1.807, 2.05) is 23.1 Å². The lowest BCUT2D eigenvalue weighted by Crippen LogP contribution is -2.55. The van der Waals surface area contributed by atoms with Gasteiger partial charge in [0.05, 0.1) is 19.3 Å². The Hall–Kier alpha value is -1.89. The molecule has 2 amide bonds. The molecule has 136 valence electrons. The first kappa shape index (κ1) is 17.9. The van der Waals surface area contributed by atoms with Crippen LogP contribution < -0.4 is 5.32 Å². The van der Waals surface area contributed by atoms with Crippen molar-refractivity contribution < 1.29 is 14.3 Å². The number of hydrogen-bond acceptors (Lipinski definition) is 4. The van der Waals surface area contributed by atoms with E-state index in [1.165, 1.54) is 5.56 Å². The van der Waals surface area contributed by atoms with E-state index in [-0.39, 0.29) is 18.2 Å². The van der Waals surface area contributed by atoms with Crippen LogP contribution in [0, 0.1) is 0 Å². The molecule has 0 unspecified atom stereocenters. The van der Waals surface area contributed by atoms with Gasteiger partial charge >= 0.3 is 6.03 Å². The third-order valence-electron chi connectivity index (χ3n) is 4.77. The predicted octanol–water partition coefficient (Wildman–Crippen LogP) is 1.44. The van der Waals surface area contributed by atoms with Gasteiger partial charge in [-0.2, -0.15) is 0 Å². The first-order valence-electron chi connectivity index (χ1n) is 8.86. The maximum atomic E-state index is 12.4. The van der Waals surface area contributed by atoms with Gasteiger partial charge in [-0.25, -0.2) is 4.79 Å². The van der Waals surface area contributed by atoms with Gasteiger partial charge in [-0.3, -0.25) is 4.90 Å². The molecule has 0 spiro atoms. The smallest absolute Gasteiger partial charge is 0.317 e. The van der Waals surface area contributed by atoms with Crippen molar-refractivity contribution in [3.63, 3.8) is 0 Å². The van der Waals surface area contributed by atoms with Gasteiger partial charge in [-0.1, -0.05) is 42.5 Å². The number of benzene rings is 1. The average Bonchev–Trinajstić information content (AvgIpc) is 3.10. The number of hydrogen-bond donors (Lipinski definition) is 1. The number of piperazine rings is 1. The van der Waals surface area contributed by atoms with Crippen LogP contribution in [0.25, 0.3) is 6.08 Å². The van der Waals surface area contributed by atoms with Crippen molar-refractivity contribution in [2.75, 3.05) is 53.0 Å². The zero-order chi connectivity index (χ0) is 17.5. The standard InChI is InChI=1S/C19H27N3O3/c1-24-18-15-25-14-17(18)20-19(23)22-12-10-21(11-13-22)9-5-8-16-6-3-2-4-7-16/h2-8,17-18H,9-15H2,1H3,(H,20,23)/t17-,18-/m0/s1. The summed E-state index contributed by atoms with van der Waals surface area (Å²) in [6, 6.07) is 10.2. The summed E-state index contributed by atoms with van der Waals surface area (Å²) in [5, 5.41) is 3.03. The fourth-order valence-corrected chi connectivity index (χ4v) is 3.19. The highest BCUT2D eigenvalue weighted by molar-refractivity contribution is 5.74. The van der Waals surface area contributed by atoms with Gasteiger partial charge in [0.15, 0.2) is 0 Å². The molecule has 2 atom stereocenters. The van der Waals surface area contributed by atoms with Crippen LogP contribution in [0.3, 0.4) is 0 Å². The van der Waals surface area contributed by atoms with E-state index >= 15 is 0 Å². The molecule has 0 bridgehead atoms. The summed E-state index contributed by atoms with van der Waals surface area (Å²) in [4.78, 5) is 16.6. The highest BCUT2D eigenvalue weighted by atomic mass is 16.5. The van der Waals surface area contributed by atoms with Crippen LogP contribution in [0.5, 0.6) is 0 Å². The number of ether oxygens (including phenoxy) is 2. The van der Waals surface area contributed by atoms with Crippen molar-refractivity contribution >= 4 is 12.1 Å². The molecule has 0 aromatic heterocycles. The zero-order valence-electron chi connectivity index (χ0n) is 14.8. The topological polar surface area (TPSA) is 54.0 Å². The Morgan fingerprint density at radius 3 is 2.72 bits per heavy atom. The van der Waals surface area contributed by atoms with Crippen molar-refractivity contribution in [3.8, 4) is 0 Å². The van der Waals surface area contributed by atoms with Crippen molar-refractivity contribution in [1.29, 1.82) is 0 Å². The van der Waals surface area contributed by atoms with Gasteiger partial charge in [0.25, 0.3) is 0 Å². The molecule has 6 nitrogen and oxygen atoms in total. The van der Waals surface area contributed by atoms with E-state index in [0.717, 1.165) is 32.7 Å². The zero-order valence-corrected chi connectivity index (χ0v) is 14.8. The number of rotatable bonds is 5. The molecular weight excluding hydrogens is 318 g/mol. The second-order valence-electron chi connectivity index (χ2n) is 6.47. The summed E-state index contributed by atoms with van der Waals surface area (Å²) in [6.45, 7) is 5.25. The molecule has 1 N–H and O–H groups in total. The first-order chi connectivity index (χ1) is 12.3. The average molecular weight is 345 g/mol. The monoisotopic (exact) mass is 345 g/mol. The Bertz CT molecular complexity index is 571. The molecule has 2 aliphatic heterocycles. The van der Waals surface area contributed by atoms with Gasteiger partial charge in [0.2, 0.25) is 0 Å². The van der Waals surface area contributed by atoms with Crippen molar-refractivity contribution in [3.05, 3.63) is 42.0 Å². The number of carbonyl (C=O) groups excluding carboxylic acids is 1. The number of nitrogens with zero attached hydrogens (tertiary/aromatic N) is 2. The predicted molar refractivity (Wildman–Crippen MR) is 97.4 cm³/mol. The quantitative estimate of drug-likeness (QED) is 0.877. The molecule has 1 aromatic rings. The second-order valence-corrected chi connectivity index (χ2v) is 6.47. The van der Waals surface area contributed by atoms with Gasteiger partial charge in [-0.05, 0) is 5.56 Å². The molecule has 3 rings (SSSR count). The molecule has 2 fully saturated rings. The van der Waals surface area contributed by atoms with Crippen LogP contribution in [-0.4, -0.2) is 81.0 Å². The van der Waals surface area contributed by atoms with Gasteiger partial charge < -0.3 is 19.7 Å². The Morgan fingerprint density at radius 1 is 1.24 bits per heavy atom. The van der Waals surface area contributed by atoms with E-state index in [9.17, 15) is 4.79 Å². The summed E-state index contributed by atoms with van der Waals surface area (Å²) >= 11 is 0. The summed E-state index contributed by atoms with van der Waals surface area (Å²) in [5.41, 5.74) is 1.21. The van der Waals surface area contributed by atoms with E-state index in [4.69, 9.17) is 9.47 Å². The van der Waals surface area contributed by atoms with E-state index in [2.05, 4.69) is 34.5 Å². The van der Waals surface area contributed by atoms with E-state index < -0.39 is 0 Å². The second kappa shape index (κ2) is 8.99. The van der Waals surface area contributed by atoms with Crippen LogP contribution in [0.2, 0.25) is 0 Å². The lowest BCUT2D eigenvalue weighted by Gasteiger charge is -2.35. The minimum atomic E-state index is -0.0515. The van der Waals surface area contributed by atoms with E-state index in [0.29, 0.717) is 13.2 Å². The van der Waals surface area contributed by atoms with Gasteiger partial charge in [-0.15, -0.1) is 0 Å². The minimum absolute atomic E-state index is 0.0166. The maximum absolute atomic E-state index is 12.4. The van der Waals surface area contributed by atoms with Gasteiger partial charge in [0.1, 0.15) is 6.10 Å². The van der Waals surface area contributed by atoms with Crippen molar-refractivity contribution in [1.82, 2.24) is 15.1 Å². The minimum Gasteiger partial charge on any atom is -0.377 e. The summed E-state index contributed by atoms with van der Waals surface area (Å²) < 4.78 is 10.7. The third-order valence-corrected chi connectivity index (χ3v) is 4.77. The molecule has 2 saturated heterocycles. The Morgan fingerprint density at radius 2 is 2.00 bits per heavy atom. The third kappa shape index (κ3) is 5.04. The number of urea groups is 1. The Kier molecular flexibility index (Phi) is 6.44. The molecule has 0 aliphatic carbocycles. The Balaban J connectivity index is 1.39. The number of amides is 2. The number of carbonyl (C=O) groups is 1. The highest BCUT2D eigenvalue weighted by Crippen LogP contribution is 2.10. The van der Waals surface area contributed by atoms with Crippen LogP contribution >= 0.6 is 0 Å². The molecule has 2 heterocycles. The molecule has 25 heavy (non-hydrogen) atoms. The van der Waals surface area contributed by atoms with Crippen LogP contribution in [-0.2, 0) is 9.47 Å².